The molecule has 0 fully saturated rings. The van der Waals surface area contributed by atoms with Gasteiger partial charge in [0.2, 0.25) is 0 Å². The van der Waals surface area contributed by atoms with E-state index < -0.39 is 0 Å². The van der Waals surface area contributed by atoms with E-state index in [1.807, 2.05) is 50.2 Å². The number of nitrogens with zero attached hydrogens (tertiary/aromatic N) is 3. The van der Waals surface area contributed by atoms with Crippen molar-refractivity contribution in [3.05, 3.63) is 59.8 Å². The molecule has 0 radical (unpaired) electrons. The number of carbonyl (C=O) groups is 1. The maximum atomic E-state index is 12.0. The van der Waals surface area contributed by atoms with E-state index in [0.717, 1.165) is 22.6 Å². The van der Waals surface area contributed by atoms with Crippen molar-refractivity contribution in [1.82, 2.24) is 20.5 Å². The summed E-state index contributed by atoms with van der Waals surface area (Å²) in [5.41, 5.74) is 2.75. The number of aromatic nitrogens is 3. The summed E-state index contributed by atoms with van der Waals surface area (Å²) in [7, 11) is 1.61. The first-order chi connectivity index (χ1) is 14.5. The van der Waals surface area contributed by atoms with E-state index in [0.29, 0.717) is 30.5 Å². The first kappa shape index (κ1) is 20.8. The van der Waals surface area contributed by atoms with Crippen molar-refractivity contribution in [2.75, 3.05) is 36.1 Å². The second-order valence-corrected chi connectivity index (χ2v) is 6.64. The Morgan fingerprint density at radius 1 is 0.967 bits per heavy atom. The molecule has 0 aliphatic carbocycles. The summed E-state index contributed by atoms with van der Waals surface area (Å²) in [4.78, 5) is 16.3. The molecule has 0 bridgehead atoms. The molecule has 9 heteroatoms. The van der Waals surface area contributed by atoms with Gasteiger partial charge in [-0.15, -0.1) is 10.2 Å². The van der Waals surface area contributed by atoms with Crippen molar-refractivity contribution in [2.24, 2.45) is 0 Å². The van der Waals surface area contributed by atoms with Crippen molar-refractivity contribution < 1.29 is 9.53 Å². The summed E-state index contributed by atoms with van der Waals surface area (Å²) in [6.45, 7) is 4.83. The fourth-order valence-electron chi connectivity index (χ4n) is 2.60. The highest BCUT2D eigenvalue weighted by molar-refractivity contribution is 5.90. The molecule has 3 rings (SSSR count). The van der Waals surface area contributed by atoms with E-state index in [1.54, 1.807) is 19.4 Å². The van der Waals surface area contributed by atoms with Gasteiger partial charge in [0, 0.05) is 25.0 Å². The lowest BCUT2D eigenvalue weighted by molar-refractivity contribution is 0.252. The lowest BCUT2D eigenvalue weighted by Gasteiger charge is -2.11. The van der Waals surface area contributed by atoms with Crippen molar-refractivity contribution in [1.29, 1.82) is 0 Å². The number of carbonyl (C=O) groups excluding carboxylic acids is 1. The van der Waals surface area contributed by atoms with Crippen LogP contribution in [0.15, 0.2) is 48.7 Å². The van der Waals surface area contributed by atoms with Crippen molar-refractivity contribution in [2.45, 2.75) is 13.8 Å². The average molecular weight is 407 g/mol. The van der Waals surface area contributed by atoms with Crippen molar-refractivity contribution in [3.8, 4) is 5.75 Å². The van der Waals surface area contributed by atoms with E-state index in [4.69, 9.17) is 4.74 Å². The zero-order valence-corrected chi connectivity index (χ0v) is 17.2. The number of urea groups is 1. The number of hydrogen-bond donors (Lipinski definition) is 4. The molecule has 1 aromatic carbocycles. The molecule has 2 heterocycles. The minimum Gasteiger partial charge on any atom is -0.497 e. The number of aryl methyl sites for hydroxylation is 2. The molecule has 2 aromatic heterocycles. The fourth-order valence-corrected chi connectivity index (χ4v) is 2.60. The highest BCUT2D eigenvalue weighted by Crippen LogP contribution is 2.20. The van der Waals surface area contributed by atoms with Crippen LogP contribution in [0.4, 0.5) is 27.9 Å². The van der Waals surface area contributed by atoms with Gasteiger partial charge in [0.15, 0.2) is 5.82 Å². The SMILES string of the molecule is COc1ccc(NC(=O)NCCNc2ccc(Nc3ccc(C)cn3)nn2)c(C)c1. The van der Waals surface area contributed by atoms with Crippen molar-refractivity contribution in [3.63, 3.8) is 0 Å². The number of ether oxygens (including phenoxy) is 1. The monoisotopic (exact) mass is 407 g/mol. The number of pyridine rings is 1. The van der Waals surface area contributed by atoms with Crippen molar-refractivity contribution >= 4 is 29.2 Å². The number of nitrogens with one attached hydrogen (secondary N) is 4. The van der Waals surface area contributed by atoms with Gasteiger partial charge in [-0.2, -0.15) is 0 Å². The zero-order chi connectivity index (χ0) is 21.3. The van der Waals surface area contributed by atoms with Crippen LogP contribution in [0, 0.1) is 13.8 Å². The minimum absolute atomic E-state index is 0.277. The molecule has 156 valence electrons. The van der Waals surface area contributed by atoms with Gasteiger partial charge in [-0.3, -0.25) is 0 Å². The van der Waals surface area contributed by atoms with Gasteiger partial charge < -0.3 is 26.0 Å². The summed E-state index contributed by atoms with van der Waals surface area (Å²) < 4.78 is 5.16. The molecule has 0 aliphatic heterocycles. The Bertz CT molecular complexity index is 976. The highest BCUT2D eigenvalue weighted by atomic mass is 16.5. The highest BCUT2D eigenvalue weighted by Gasteiger charge is 2.05. The quantitative estimate of drug-likeness (QED) is 0.423. The molecular weight excluding hydrogens is 382 g/mol. The van der Waals surface area contributed by atoms with E-state index in [-0.39, 0.29) is 6.03 Å². The van der Waals surface area contributed by atoms with Crippen LogP contribution in [0.25, 0.3) is 0 Å². The second-order valence-electron chi connectivity index (χ2n) is 6.64. The normalized spacial score (nSPS) is 10.2. The Kier molecular flexibility index (Phi) is 6.99. The molecule has 30 heavy (non-hydrogen) atoms. The van der Waals surface area contributed by atoms with Crippen LogP contribution in [0.5, 0.6) is 5.75 Å². The van der Waals surface area contributed by atoms with Gasteiger partial charge in [-0.05, 0) is 61.4 Å². The van der Waals surface area contributed by atoms with Crippen LogP contribution in [0.1, 0.15) is 11.1 Å². The molecule has 0 saturated heterocycles. The smallest absolute Gasteiger partial charge is 0.319 e. The van der Waals surface area contributed by atoms with Crippen LogP contribution in [0.2, 0.25) is 0 Å². The lowest BCUT2D eigenvalue weighted by atomic mass is 10.2. The number of benzene rings is 1. The molecule has 3 aromatic rings. The lowest BCUT2D eigenvalue weighted by Crippen LogP contribution is -2.32. The molecule has 0 spiro atoms. The Balaban J connectivity index is 1.39. The van der Waals surface area contributed by atoms with E-state index in [1.165, 1.54) is 0 Å². The summed E-state index contributed by atoms with van der Waals surface area (Å²) in [6.07, 6.45) is 1.78. The third-order valence-electron chi connectivity index (χ3n) is 4.23. The van der Waals surface area contributed by atoms with Gasteiger partial charge in [-0.1, -0.05) is 6.07 Å². The van der Waals surface area contributed by atoms with Gasteiger partial charge in [-0.25, -0.2) is 9.78 Å². The first-order valence-electron chi connectivity index (χ1n) is 9.50. The molecular formula is C21H25N7O2. The predicted molar refractivity (Wildman–Crippen MR) is 118 cm³/mol. The van der Waals surface area contributed by atoms with Crippen LogP contribution >= 0.6 is 0 Å². The van der Waals surface area contributed by atoms with E-state index >= 15 is 0 Å². The number of anilines is 4. The summed E-state index contributed by atoms with van der Waals surface area (Å²) in [5, 5.41) is 20.0. The Morgan fingerprint density at radius 3 is 2.40 bits per heavy atom. The summed E-state index contributed by atoms with van der Waals surface area (Å²) >= 11 is 0. The molecule has 0 saturated carbocycles. The Labute approximate surface area is 175 Å². The van der Waals surface area contributed by atoms with Crippen LogP contribution in [-0.2, 0) is 0 Å². The first-order valence-corrected chi connectivity index (χ1v) is 9.50. The number of hydrogen-bond acceptors (Lipinski definition) is 7. The van der Waals surface area contributed by atoms with Gasteiger partial charge in [0.25, 0.3) is 0 Å². The topological polar surface area (TPSA) is 113 Å². The Morgan fingerprint density at radius 2 is 1.73 bits per heavy atom. The number of rotatable bonds is 8. The molecule has 2 amide bonds. The van der Waals surface area contributed by atoms with Gasteiger partial charge in [0.1, 0.15) is 17.4 Å². The molecule has 0 unspecified atom stereocenters. The zero-order valence-electron chi connectivity index (χ0n) is 17.2. The fraction of sp³-hybridized carbons (Fsp3) is 0.238. The molecule has 4 N–H and O–H groups in total. The Hall–Kier alpha value is -3.88. The number of amides is 2. The minimum atomic E-state index is -0.277. The molecule has 0 aliphatic rings. The van der Waals surface area contributed by atoms with Crippen LogP contribution in [0.3, 0.4) is 0 Å². The standard InChI is InChI=1S/C21H25N7O2/c1-14-4-7-18(24-13-14)26-20-9-8-19(27-28-20)22-10-11-23-21(29)25-17-6-5-16(30-3)12-15(17)2/h4-9,12-13H,10-11H2,1-3H3,(H,22,27)(H2,23,25,29)(H,24,26,28). The summed E-state index contributed by atoms with van der Waals surface area (Å²) in [5.74, 6) is 2.67. The van der Waals surface area contributed by atoms with Crippen LogP contribution < -0.4 is 26.0 Å². The van der Waals surface area contributed by atoms with E-state index in [9.17, 15) is 4.79 Å². The number of methoxy groups -OCH3 is 1. The third-order valence-corrected chi connectivity index (χ3v) is 4.23. The van der Waals surface area contributed by atoms with Crippen LogP contribution in [-0.4, -0.2) is 41.4 Å². The molecule has 9 nitrogen and oxygen atoms in total. The third kappa shape index (κ3) is 6.06. The van der Waals surface area contributed by atoms with E-state index in [2.05, 4.69) is 36.4 Å². The predicted octanol–water partition coefficient (Wildman–Crippen LogP) is 3.47. The summed E-state index contributed by atoms with van der Waals surface area (Å²) in [6, 6.07) is 12.7. The van der Waals surface area contributed by atoms with Gasteiger partial charge in [0.05, 0.1) is 7.11 Å². The maximum absolute atomic E-state index is 12.0. The largest absolute Gasteiger partial charge is 0.497 e. The maximum Gasteiger partial charge on any atom is 0.319 e. The molecule has 0 atom stereocenters. The average Bonchev–Trinajstić information content (AvgIpc) is 2.75. The second kappa shape index (κ2) is 10.1. The van der Waals surface area contributed by atoms with Gasteiger partial charge >= 0.3 is 6.03 Å².